The summed E-state index contributed by atoms with van der Waals surface area (Å²) in [5.74, 6) is -0.0205. The standard InChI is InChI=1S/C19H28N4O2/c1-14(21-19(20)25)18(24)23-12-6-10-17(23)16-9-5-11-22(16)13-15-7-3-2-4-8-15/h2-4,7-8,14,16-17H,5-6,9-13H2,1H3,(H3,20,21,25). The first-order chi connectivity index (χ1) is 12.1. The Morgan fingerprint density at radius 1 is 1.16 bits per heavy atom. The first-order valence-electron chi connectivity index (χ1n) is 9.20. The number of carbonyl (C=O) groups excluding carboxylic acids is 2. The SMILES string of the molecule is CC(NC(N)=O)C(=O)N1CCCC1C1CCCN1Cc1ccccc1. The van der Waals surface area contributed by atoms with Gasteiger partial charge in [-0.15, -0.1) is 0 Å². The van der Waals surface area contributed by atoms with Gasteiger partial charge in [0.2, 0.25) is 5.91 Å². The molecule has 2 heterocycles. The monoisotopic (exact) mass is 344 g/mol. The zero-order valence-electron chi connectivity index (χ0n) is 14.9. The average Bonchev–Trinajstić information content (AvgIpc) is 3.23. The molecule has 1 aromatic rings. The third kappa shape index (κ3) is 4.12. The molecule has 3 rings (SSSR count). The van der Waals surface area contributed by atoms with Crippen molar-refractivity contribution in [3.63, 3.8) is 0 Å². The van der Waals surface area contributed by atoms with Gasteiger partial charge in [0, 0.05) is 25.2 Å². The number of nitrogens with zero attached hydrogens (tertiary/aromatic N) is 2. The molecule has 2 aliphatic heterocycles. The summed E-state index contributed by atoms with van der Waals surface area (Å²) in [5, 5.41) is 2.52. The molecule has 1 aromatic carbocycles. The summed E-state index contributed by atoms with van der Waals surface area (Å²) in [6, 6.07) is 9.91. The average molecular weight is 344 g/mol. The molecule has 6 heteroatoms. The van der Waals surface area contributed by atoms with E-state index in [9.17, 15) is 9.59 Å². The van der Waals surface area contributed by atoms with Crippen molar-refractivity contribution in [1.82, 2.24) is 15.1 Å². The number of rotatable bonds is 5. The maximum absolute atomic E-state index is 12.8. The molecular formula is C19H28N4O2. The van der Waals surface area contributed by atoms with Crippen molar-refractivity contribution < 1.29 is 9.59 Å². The van der Waals surface area contributed by atoms with Crippen LogP contribution in [0.25, 0.3) is 0 Å². The van der Waals surface area contributed by atoms with Gasteiger partial charge in [-0.3, -0.25) is 9.69 Å². The smallest absolute Gasteiger partial charge is 0.312 e. The van der Waals surface area contributed by atoms with Gasteiger partial charge >= 0.3 is 6.03 Å². The summed E-state index contributed by atoms with van der Waals surface area (Å²) in [6.45, 7) is 4.48. The molecule has 6 nitrogen and oxygen atoms in total. The van der Waals surface area contributed by atoms with Crippen molar-refractivity contribution in [2.24, 2.45) is 5.73 Å². The van der Waals surface area contributed by atoms with Gasteiger partial charge in [0.05, 0.1) is 0 Å². The predicted molar refractivity (Wildman–Crippen MR) is 96.8 cm³/mol. The van der Waals surface area contributed by atoms with Gasteiger partial charge in [-0.2, -0.15) is 0 Å². The normalized spacial score (nSPS) is 25.1. The van der Waals surface area contributed by atoms with E-state index in [1.54, 1.807) is 6.92 Å². The Hall–Kier alpha value is -2.08. The number of hydrogen-bond acceptors (Lipinski definition) is 3. The second kappa shape index (κ2) is 7.87. The number of likely N-dealkylation sites (tertiary alicyclic amines) is 2. The minimum atomic E-state index is -0.650. The van der Waals surface area contributed by atoms with Gasteiger partial charge in [-0.25, -0.2) is 4.79 Å². The van der Waals surface area contributed by atoms with Crippen LogP contribution in [0.3, 0.4) is 0 Å². The first-order valence-corrected chi connectivity index (χ1v) is 9.20. The Balaban J connectivity index is 1.68. The number of primary amides is 1. The van der Waals surface area contributed by atoms with Gasteiger partial charge in [0.15, 0.2) is 0 Å². The zero-order valence-corrected chi connectivity index (χ0v) is 14.9. The molecule has 2 saturated heterocycles. The first kappa shape index (κ1) is 17.7. The van der Waals surface area contributed by atoms with E-state index in [0.717, 1.165) is 38.9 Å². The van der Waals surface area contributed by atoms with Crippen LogP contribution in [0, 0.1) is 0 Å². The second-order valence-electron chi connectivity index (χ2n) is 7.14. The van der Waals surface area contributed by atoms with Crippen molar-refractivity contribution in [3.05, 3.63) is 35.9 Å². The molecule has 0 aliphatic carbocycles. The summed E-state index contributed by atoms with van der Waals surface area (Å²) >= 11 is 0. The lowest BCUT2D eigenvalue weighted by molar-refractivity contribution is -0.134. The van der Waals surface area contributed by atoms with E-state index in [-0.39, 0.29) is 11.9 Å². The van der Waals surface area contributed by atoms with Crippen molar-refractivity contribution >= 4 is 11.9 Å². The van der Waals surface area contributed by atoms with Crippen molar-refractivity contribution in [1.29, 1.82) is 0 Å². The van der Waals surface area contributed by atoms with E-state index in [1.807, 2.05) is 11.0 Å². The Bertz CT molecular complexity index is 607. The van der Waals surface area contributed by atoms with Crippen LogP contribution < -0.4 is 11.1 Å². The van der Waals surface area contributed by atoms with Crippen LogP contribution in [0.1, 0.15) is 38.2 Å². The third-order valence-corrected chi connectivity index (χ3v) is 5.40. The van der Waals surface area contributed by atoms with E-state index in [1.165, 1.54) is 12.0 Å². The Morgan fingerprint density at radius 3 is 2.56 bits per heavy atom. The highest BCUT2D eigenvalue weighted by atomic mass is 16.2. The number of nitrogens with one attached hydrogen (secondary N) is 1. The molecule has 3 atom stereocenters. The highest BCUT2D eigenvalue weighted by Crippen LogP contribution is 2.31. The largest absolute Gasteiger partial charge is 0.352 e. The minimum absolute atomic E-state index is 0.0205. The van der Waals surface area contributed by atoms with Crippen molar-refractivity contribution in [2.75, 3.05) is 13.1 Å². The molecule has 3 N–H and O–H groups in total. The highest BCUT2D eigenvalue weighted by Gasteiger charge is 2.40. The van der Waals surface area contributed by atoms with Crippen LogP contribution in [0.2, 0.25) is 0 Å². The molecular weight excluding hydrogens is 316 g/mol. The summed E-state index contributed by atoms with van der Waals surface area (Å²) in [6.07, 6.45) is 4.35. The molecule has 3 unspecified atom stereocenters. The maximum atomic E-state index is 12.8. The molecule has 0 spiro atoms. The maximum Gasteiger partial charge on any atom is 0.312 e. The van der Waals surface area contributed by atoms with Crippen molar-refractivity contribution in [3.8, 4) is 0 Å². The molecule has 25 heavy (non-hydrogen) atoms. The van der Waals surface area contributed by atoms with E-state index in [2.05, 4.69) is 34.5 Å². The van der Waals surface area contributed by atoms with E-state index in [4.69, 9.17) is 5.73 Å². The summed E-state index contributed by atoms with van der Waals surface area (Å²) in [5.41, 5.74) is 6.48. The number of urea groups is 1. The lowest BCUT2D eigenvalue weighted by Crippen LogP contribution is -2.54. The van der Waals surface area contributed by atoms with Gasteiger partial charge in [0.25, 0.3) is 0 Å². The van der Waals surface area contributed by atoms with Crippen LogP contribution in [0.4, 0.5) is 4.79 Å². The molecule has 3 amide bonds. The lowest BCUT2D eigenvalue weighted by Gasteiger charge is -2.36. The molecule has 0 bridgehead atoms. The number of amides is 3. The van der Waals surface area contributed by atoms with Gasteiger partial charge in [0.1, 0.15) is 6.04 Å². The van der Waals surface area contributed by atoms with Crippen LogP contribution in [0.5, 0.6) is 0 Å². The molecule has 0 aromatic heterocycles. The quantitative estimate of drug-likeness (QED) is 0.853. The zero-order chi connectivity index (χ0) is 17.8. The van der Waals surface area contributed by atoms with E-state index in [0.29, 0.717) is 6.04 Å². The Kier molecular flexibility index (Phi) is 5.58. The molecule has 136 valence electrons. The second-order valence-corrected chi connectivity index (χ2v) is 7.14. The Morgan fingerprint density at radius 2 is 1.84 bits per heavy atom. The van der Waals surface area contributed by atoms with Crippen LogP contribution in [-0.4, -0.2) is 53.0 Å². The lowest BCUT2D eigenvalue weighted by atomic mass is 10.0. The summed E-state index contributed by atoms with van der Waals surface area (Å²) < 4.78 is 0. The Labute approximate surface area is 149 Å². The number of carbonyl (C=O) groups is 2. The topological polar surface area (TPSA) is 78.7 Å². The van der Waals surface area contributed by atoms with Crippen LogP contribution in [0.15, 0.2) is 30.3 Å². The molecule has 2 aliphatic rings. The van der Waals surface area contributed by atoms with Crippen molar-refractivity contribution in [2.45, 2.75) is 57.3 Å². The molecule has 0 saturated carbocycles. The van der Waals surface area contributed by atoms with Crippen LogP contribution in [-0.2, 0) is 11.3 Å². The molecule has 2 fully saturated rings. The summed E-state index contributed by atoms with van der Waals surface area (Å²) in [4.78, 5) is 28.3. The van der Waals surface area contributed by atoms with Gasteiger partial charge < -0.3 is 16.0 Å². The highest BCUT2D eigenvalue weighted by molar-refractivity contribution is 5.86. The fourth-order valence-electron chi connectivity index (χ4n) is 4.29. The number of benzene rings is 1. The third-order valence-electron chi connectivity index (χ3n) is 5.40. The number of hydrogen-bond donors (Lipinski definition) is 2. The predicted octanol–water partition coefficient (Wildman–Crippen LogP) is 1.70. The summed E-state index contributed by atoms with van der Waals surface area (Å²) in [7, 11) is 0. The van der Waals surface area contributed by atoms with E-state index >= 15 is 0 Å². The fourth-order valence-corrected chi connectivity index (χ4v) is 4.29. The van der Waals surface area contributed by atoms with Crippen LogP contribution >= 0.6 is 0 Å². The molecule has 0 radical (unpaired) electrons. The van der Waals surface area contributed by atoms with Gasteiger partial charge in [-0.05, 0) is 44.7 Å². The number of nitrogens with two attached hydrogens (primary N) is 1. The fraction of sp³-hybridized carbons (Fsp3) is 0.579. The minimum Gasteiger partial charge on any atom is -0.352 e. The van der Waals surface area contributed by atoms with E-state index < -0.39 is 12.1 Å². The van der Waals surface area contributed by atoms with Gasteiger partial charge in [-0.1, -0.05) is 30.3 Å².